The van der Waals surface area contributed by atoms with Gasteiger partial charge >= 0.3 is 0 Å². The van der Waals surface area contributed by atoms with E-state index in [9.17, 15) is 4.79 Å². The van der Waals surface area contributed by atoms with Gasteiger partial charge in [-0.15, -0.1) is 11.3 Å². The van der Waals surface area contributed by atoms with E-state index in [1.807, 2.05) is 0 Å². The standard InChI is InChI=1S/C21H30N4OS/c1-4-17-7-5-6-10-25(17)21(26)16-8-11-24(12-9-16)19-18-14(2)15(3)27-20(18)23-13-22-19/h13,16-17H,4-12H2,1-3H3. The van der Waals surface area contributed by atoms with Crippen LogP contribution in [0.15, 0.2) is 6.33 Å². The van der Waals surface area contributed by atoms with Gasteiger partial charge in [0, 0.05) is 36.5 Å². The zero-order chi connectivity index (χ0) is 19.0. The highest BCUT2D eigenvalue weighted by Gasteiger charge is 2.33. The van der Waals surface area contributed by atoms with Crippen molar-refractivity contribution in [3.05, 3.63) is 16.8 Å². The molecule has 2 fully saturated rings. The predicted molar refractivity (Wildman–Crippen MR) is 111 cm³/mol. The number of fused-ring (bicyclic) bond motifs is 1. The number of nitrogens with zero attached hydrogens (tertiary/aromatic N) is 4. The first-order valence-corrected chi connectivity index (χ1v) is 11.2. The maximum atomic E-state index is 13.1. The minimum absolute atomic E-state index is 0.177. The Bertz CT molecular complexity index is 825. The predicted octanol–water partition coefficient (Wildman–Crippen LogP) is 4.32. The molecule has 0 aromatic carbocycles. The average molecular weight is 387 g/mol. The molecule has 2 aromatic rings. The molecule has 0 aliphatic carbocycles. The third-order valence-electron chi connectivity index (χ3n) is 6.47. The molecule has 0 spiro atoms. The van der Waals surface area contributed by atoms with E-state index in [2.05, 4.69) is 40.5 Å². The van der Waals surface area contributed by atoms with Crippen molar-refractivity contribution >= 4 is 33.3 Å². The second kappa shape index (κ2) is 7.74. The van der Waals surface area contributed by atoms with E-state index in [0.29, 0.717) is 11.9 Å². The first-order chi connectivity index (χ1) is 13.1. The molecule has 1 amide bonds. The Balaban J connectivity index is 1.47. The van der Waals surface area contributed by atoms with Crippen LogP contribution in [-0.2, 0) is 4.79 Å². The number of piperidine rings is 2. The van der Waals surface area contributed by atoms with Gasteiger partial charge in [0.15, 0.2) is 0 Å². The molecule has 2 aliphatic heterocycles. The zero-order valence-electron chi connectivity index (χ0n) is 16.7. The zero-order valence-corrected chi connectivity index (χ0v) is 17.5. The van der Waals surface area contributed by atoms with Crippen LogP contribution in [0.2, 0.25) is 0 Å². The van der Waals surface area contributed by atoms with Crippen LogP contribution in [0.5, 0.6) is 0 Å². The SMILES string of the molecule is CCC1CCCCN1C(=O)C1CCN(c2ncnc3sc(C)c(C)c23)CC1. The lowest BCUT2D eigenvalue weighted by atomic mass is 9.92. The van der Waals surface area contributed by atoms with E-state index in [0.717, 1.165) is 56.0 Å². The number of carbonyl (C=O) groups excluding carboxylic acids is 1. The Morgan fingerprint density at radius 2 is 1.93 bits per heavy atom. The summed E-state index contributed by atoms with van der Waals surface area (Å²) in [6.07, 6.45) is 8.24. The first kappa shape index (κ1) is 18.7. The number of aromatic nitrogens is 2. The highest BCUT2D eigenvalue weighted by Crippen LogP contribution is 2.36. The molecule has 4 rings (SSSR count). The quantitative estimate of drug-likeness (QED) is 0.788. The van der Waals surface area contributed by atoms with Crippen molar-refractivity contribution in [3.8, 4) is 0 Å². The number of likely N-dealkylation sites (tertiary alicyclic amines) is 1. The lowest BCUT2D eigenvalue weighted by Crippen LogP contribution is -2.48. The summed E-state index contributed by atoms with van der Waals surface area (Å²) >= 11 is 1.75. The molecular formula is C21H30N4OS. The van der Waals surface area contributed by atoms with Crippen molar-refractivity contribution in [1.29, 1.82) is 0 Å². The second-order valence-electron chi connectivity index (χ2n) is 8.01. The number of rotatable bonds is 3. The Hall–Kier alpha value is -1.69. The van der Waals surface area contributed by atoms with Gasteiger partial charge in [-0.05, 0) is 57.9 Å². The van der Waals surface area contributed by atoms with Gasteiger partial charge in [-0.25, -0.2) is 9.97 Å². The van der Waals surface area contributed by atoms with Crippen LogP contribution in [0.1, 0.15) is 55.9 Å². The molecule has 0 bridgehead atoms. The fraction of sp³-hybridized carbons (Fsp3) is 0.667. The molecule has 0 saturated carbocycles. The van der Waals surface area contributed by atoms with E-state index in [1.54, 1.807) is 17.7 Å². The van der Waals surface area contributed by atoms with E-state index < -0.39 is 0 Å². The van der Waals surface area contributed by atoms with Crippen LogP contribution in [0.25, 0.3) is 10.2 Å². The highest BCUT2D eigenvalue weighted by molar-refractivity contribution is 7.18. The summed E-state index contributed by atoms with van der Waals surface area (Å²) in [7, 11) is 0. The third-order valence-corrected chi connectivity index (χ3v) is 7.59. The Morgan fingerprint density at radius 1 is 1.15 bits per heavy atom. The van der Waals surface area contributed by atoms with Gasteiger partial charge in [0.25, 0.3) is 0 Å². The van der Waals surface area contributed by atoms with Gasteiger partial charge < -0.3 is 9.80 Å². The largest absolute Gasteiger partial charge is 0.356 e. The molecule has 1 unspecified atom stereocenters. The molecule has 0 radical (unpaired) electrons. The second-order valence-corrected chi connectivity index (χ2v) is 9.21. The Kier molecular flexibility index (Phi) is 5.35. The summed E-state index contributed by atoms with van der Waals surface area (Å²) in [5, 5.41) is 1.20. The molecule has 4 heterocycles. The molecule has 6 heteroatoms. The smallest absolute Gasteiger partial charge is 0.226 e. The van der Waals surface area contributed by atoms with Crippen LogP contribution >= 0.6 is 11.3 Å². The lowest BCUT2D eigenvalue weighted by molar-refractivity contribution is -0.140. The highest BCUT2D eigenvalue weighted by atomic mass is 32.1. The molecule has 2 aromatic heterocycles. The van der Waals surface area contributed by atoms with Gasteiger partial charge in [-0.3, -0.25) is 4.79 Å². The molecule has 27 heavy (non-hydrogen) atoms. The summed E-state index contributed by atoms with van der Waals surface area (Å²) in [5.74, 6) is 1.63. The minimum Gasteiger partial charge on any atom is -0.356 e. The summed E-state index contributed by atoms with van der Waals surface area (Å²) < 4.78 is 0. The topological polar surface area (TPSA) is 49.3 Å². The van der Waals surface area contributed by atoms with Crippen LogP contribution in [0, 0.1) is 19.8 Å². The number of hydrogen-bond donors (Lipinski definition) is 0. The number of thiophene rings is 1. The number of carbonyl (C=O) groups is 1. The fourth-order valence-corrected chi connectivity index (χ4v) is 5.68. The number of anilines is 1. The lowest BCUT2D eigenvalue weighted by Gasteiger charge is -2.40. The fourth-order valence-electron chi connectivity index (χ4n) is 4.69. The van der Waals surface area contributed by atoms with E-state index in [1.165, 1.54) is 28.7 Å². The Labute approximate surface area is 165 Å². The van der Waals surface area contributed by atoms with Crippen LogP contribution in [0.3, 0.4) is 0 Å². The summed E-state index contributed by atoms with van der Waals surface area (Å²) in [5.41, 5.74) is 1.29. The molecule has 5 nitrogen and oxygen atoms in total. The summed E-state index contributed by atoms with van der Waals surface area (Å²) in [6.45, 7) is 9.29. The molecule has 2 aliphatic rings. The van der Waals surface area contributed by atoms with Crippen molar-refractivity contribution in [2.75, 3.05) is 24.5 Å². The summed E-state index contributed by atoms with van der Waals surface area (Å²) in [4.78, 5) is 29.1. The third kappa shape index (κ3) is 3.44. The summed E-state index contributed by atoms with van der Waals surface area (Å²) in [6, 6.07) is 0.460. The van der Waals surface area contributed by atoms with Crippen LogP contribution in [0.4, 0.5) is 5.82 Å². The van der Waals surface area contributed by atoms with Crippen molar-refractivity contribution < 1.29 is 4.79 Å². The first-order valence-electron chi connectivity index (χ1n) is 10.4. The van der Waals surface area contributed by atoms with Crippen molar-refractivity contribution in [1.82, 2.24) is 14.9 Å². The monoisotopic (exact) mass is 386 g/mol. The van der Waals surface area contributed by atoms with Gasteiger partial charge in [0.1, 0.15) is 17.0 Å². The Morgan fingerprint density at radius 3 is 2.67 bits per heavy atom. The number of hydrogen-bond acceptors (Lipinski definition) is 5. The van der Waals surface area contributed by atoms with Crippen molar-refractivity contribution in [3.63, 3.8) is 0 Å². The van der Waals surface area contributed by atoms with Gasteiger partial charge in [-0.1, -0.05) is 6.92 Å². The molecular weight excluding hydrogens is 356 g/mol. The van der Waals surface area contributed by atoms with E-state index >= 15 is 0 Å². The number of amides is 1. The van der Waals surface area contributed by atoms with Gasteiger partial charge in [0.2, 0.25) is 5.91 Å². The minimum atomic E-state index is 0.177. The molecule has 2 saturated heterocycles. The van der Waals surface area contributed by atoms with Crippen LogP contribution < -0.4 is 4.90 Å². The molecule has 146 valence electrons. The van der Waals surface area contributed by atoms with Gasteiger partial charge in [0.05, 0.1) is 5.39 Å². The normalized spacial score (nSPS) is 21.8. The van der Waals surface area contributed by atoms with E-state index in [-0.39, 0.29) is 5.92 Å². The van der Waals surface area contributed by atoms with Crippen LogP contribution in [-0.4, -0.2) is 46.5 Å². The van der Waals surface area contributed by atoms with E-state index in [4.69, 9.17) is 0 Å². The maximum absolute atomic E-state index is 13.1. The average Bonchev–Trinajstić information content (AvgIpc) is 3.01. The van der Waals surface area contributed by atoms with Crippen molar-refractivity contribution in [2.24, 2.45) is 5.92 Å². The number of aryl methyl sites for hydroxylation is 2. The molecule has 1 atom stereocenters. The maximum Gasteiger partial charge on any atom is 0.226 e. The van der Waals surface area contributed by atoms with Gasteiger partial charge in [-0.2, -0.15) is 0 Å². The van der Waals surface area contributed by atoms with Crippen molar-refractivity contribution in [2.45, 2.75) is 65.3 Å². The molecule has 0 N–H and O–H groups in total.